The lowest BCUT2D eigenvalue weighted by Crippen LogP contribution is -2.27. The maximum Gasteiger partial charge on any atom is 0.147 e. The highest BCUT2D eigenvalue weighted by Crippen LogP contribution is 2.33. The molecule has 0 spiro atoms. The van der Waals surface area contributed by atoms with Crippen molar-refractivity contribution in [3.8, 4) is 0 Å². The molecule has 0 amide bonds. The lowest BCUT2D eigenvalue weighted by atomic mass is 9.80. The fraction of sp³-hybridized carbons (Fsp3) is 0.562. The first-order valence-corrected chi connectivity index (χ1v) is 7.10. The third-order valence-corrected chi connectivity index (χ3v) is 3.77. The van der Waals surface area contributed by atoms with E-state index in [0.29, 0.717) is 31.3 Å². The van der Waals surface area contributed by atoms with E-state index >= 15 is 0 Å². The molecule has 1 unspecified atom stereocenters. The molecule has 3 nitrogen and oxygen atoms in total. The number of ether oxygens (including phenoxy) is 1. The lowest BCUT2D eigenvalue weighted by molar-refractivity contribution is -0.118. The molecule has 0 heterocycles. The van der Waals surface area contributed by atoms with Crippen LogP contribution in [0.1, 0.15) is 36.3 Å². The zero-order valence-corrected chi connectivity index (χ0v) is 11.7. The van der Waals surface area contributed by atoms with Gasteiger partial charge in [-0.2, -0.15) is 0 Å². The van der Waals surface area contributed by atoms with Gasteiger partial charge >= 0.3 is 0 Å². The van der Waals surface area contributed by atoms with Crippen molar-refractivity contribution in [3.05, 3.63) is 35.4 Å². The molecule has 3 heteroatoms. The second-order valence-corrected chi connectivity index (χ2v) is 5.20. The number of Topliss-reactive ketones (excluding diaryl/α,β-unsaturated/α-hetero) is 1. The van der Waals surface area contributed by atoms with E-state index < -0.39 is 0 Å². The first kappa shape index (κ1) is 14.2. The van der Waals surface area contributed by atoms with E-state index in [1.54, 1.807) is 7.11 Å². The van der Waals surface area contributed by atoms with Crippen LogP contribution < -0.4 is 5.32 Å². The van der Waals surface area contributed by atoms with Crippen LogP contribution in [0.5, 0.6) is 0 Å². The zero-order valence-electron chi connectivity index (χ0n) is 11.7. The largest absolute Gasteiger partial charge is 0.383 e. The second kappa shape index (κ2) is 7.41. The number of carbonyl (C=O) groups is 1. The summed E-state index contributed by atoms with van der Waals surface area (Å²) in [5, 5.41) is 3.13. The van der Waals surface area contributed by atoms with Gasteiger partial charge in [-0.15, -0.1) is 0 Å². The van der Waals surface area contributed by atoms with Crippen LogP contribution in [0.3, 0.4) is 0 Å². The molecule has 1 aromatic carbocycles. The Morgan fingerprint density at radius 2 is 2.26 bits per heavy atom. The van der Waals surface area contributed by atoms with E-state index in [2.05, 4.69) is 29.6 Å². The summed E-state index contributed by atoms with van der Waals surface area (Å²) >= 11 is 0. The Labute approximate surface area is 115 Å². The van der Waals surface area contributed by atoms with Gasteiger partial charge in [-0.3, -0.25) is 4.79 Å². The number of hydrogen-bond acceptors (Lipinski definition) is 3. The van der Waals surface area contributed by atoms with Gasteiger partial charge in [-0.1, -0.05) is 24.3 Å². The average Bonchev–Trinajstić information content (AvgIpc) is 2.44. The van der Waals surface area contributed by atoms with Crippen LogP contribution in [0.2, 0.25) is 0 Å². The molecule has 1 atom stereocenters. The quantitative estimate of drug-likeness (QED) is 0.765. The van der Waals surface area contributed by atoms with Crippen molar-refractivity contribution in [2.75, 3.05) is 26.8 Å². The van der Waals surface area contributed by atoms with Crippen molar-refractivity contribution >= 4 is 5.78 Å². The molecule has 1 aliphatic carbocycles. The maximum absolute atomic E-state index is 12.0. The van der Waals surface area contributed by atoms with Crippen LogP contribution in [0.4, 0.5) is 0 Å². The molecule has 0 saturated heterocycles. The summed E-state index contributed by atoms with van der Waals surface area (Å²) in [6.45, 7) is 1.85. The molecule has 2 rings (SSSR count). The Bertz CT molecular complexity index is 417. The first-order chi connectivity index (χ1) is 9.31. The first-order valence-electron chi connectivity index (χ1n) is 7.10. The van der Waals surface area contributed by atoms with Crippen LogP contribution in [-0.4, -0.2) is 32.6 Å². The van der Waals surface area contributed by atoms with Crippen LogP contribution in [0.15, 0.2) is 24.3 Å². The number of nitrogens with one attached hydrogen (secondary N) is 1. The van der Waals surface area contributed by atoms with Gasteiger partial charge in [0.05, 0.1) is 13.2 Å². The minimum atomic E-state index is 0.304. The van der Waals surface area contributed by atoms with Gasteiger partial charge in [0, 0.05) is 20.1 Å². The fourth-order valence-corrected chi connectivity index (χ4v) is 2.82. The molecule has 1 aliphatic rings. The second-order valence-electron chi connectivity index (χ2n) is 5.20. The van der Waals surface area contributed by atoms with Crippen molar-refractivity contribution in [1.29, 1.82) is 0 Å². The van der Waals surface area contributed by atoms with Crippen molar-refractivity contribution in [2.24, 2.45) is 0 Å². The molecule has 0 aromatic heterocycles. The predicted molar refractivity (Wildman–Crippen MR) is 76.5 cm³/mol. The monoisotopic (exact) mass is 261 g/mol. The van der Waals surface area contributed by atoms with Crippen molar-refractivity contribution in [2.45, 2.75) is 31.6 Å². The zero-order chi connectivity index (χ0) is 13.5. The number of aryl methyl sites for hydroxylation is 1. The molecule has 0 aliphatic heterocycles. The standard InChI is InChI=1S/C16H23NO2/c1-19-10-9-17-12-15(18)11-14-7-4-6-13-5-2-3-8-16(13)14/h2-3,5,8,14,17H,4,6-7,9-12H2,1H3. The summed E-state index contributed by atoms with van der Waals surface area (Å²) in [5.41, 5.74) is 2.82. The molecular weight excluding hydrogens is 238 g/mol. The highest BCUT2D eigenvalue weighted by molar-refractivity contribution is 5.81. The van der Waals surface area contributed by atoms with Gasteiger partial charge in [0.15, 0.2) is 0 Å². The number of rotatable bonds is 7. The van der Waals surface area contributed by atoms with Crippen molar-refractivity contribution in [1.82, 2.24) is 5.32 Å². The molecule has 19 heavy (non-hydrogen) atoms. The Kier molecular flexibility index (Phi) is 5.55. The third-order valence-electron chi connectivity index (χ3n) is 3.77. The number of ketones is 1. The number of benzene rings is 1. The number of carbonyl (C=O) groups excluding carboxylic acids is 1. The lowest BCUT2D eigenvalue weighted by Gasteiger charge is -2.25. The summed E-state index contributed by atoms with van der Waals surface area (Å²) in [4.78, 5) is 12.0. The van der Waals surface area contributed by atoms with Gasteiger partial charge in [-0.05, 0) is 36.3 Å². The number of hydrogen-bond donors (Lipinski definition) is 1. The topological polar surface area (TPSA) is 38.3 Å². The van der Waals surface area contributed by atoms with Gasteiger partial charge in [-0.25, -0.2) is 0 Å². The summed E-state index contributed by atoms with van der Waals surface area (Å²) in [6.07, 6.45) is 4.16. The molecule has 0 fully saturated rings. The summed E-state index contributed by atoms with van der Waals surface area (Å²) in [5.74, 6) is 0.722. The number of methoxy groups -OCH3 is 1. The summed E-state index contributed by atoms with van der Waals surface area (Å²) in [6, 6.07) is 8.56. The fourth-order valence-electron chi connectivity index (χ4n) is 2.82. The van der Waals surface area contributed by atoms with E-state index in [9.17, 15) is 4.79 Å². The van der Waals surface area contributed by atoms with Gasteiger partial charge < -0.3 is 10.1 Å². The Hall–Kier alpha value is -1.19. The molecule has 0 radical (unpaired) electrons. The van der Waals surface area contributed by atoms with Gasteiger partial charge in [0.1, 0.15) is 5.78 Å². The smallest absolute Gasteiger partial charge is 0.147 e. The SMILES string of the molecule is COCCNCC(=O)CC1CCCc2ccccc21. The van der Waals surface area contributed by atoms with Crippen LogP contribution in [0.25, 0.3) is 0 Å². The summed E-state index contributed by atoms with van der Waals surface area (Å²) in [7, 11) is 1.67. The molecule has 0 bridgehead atoms. The van der Waals surface area contributed by atoms with E-state index in [1.165, 1.54) is 17.5 Å². The minimum Gasteiger partial charge on any atom is -0.383 e. The maximum atomic E-state index is 12.0. The average molecular weight is 261 g/mol. The van der Waals surface area contributed by atoms with Crippen LogP contribution in [-0.2, 0) is 16.0 Å². The molecular formula is C16H23NO2. The van der Waals surface area contributed by atoms with Crippen LogP contribution in [0, 0.1) is 0 Å². The normalized spacial score (nSPS) is 18.1. The van der Waals surface area contributed by atoms with E-state index in [-0.39, 0.29) is 0 Å². The van der Waals surface area contributed by atoms with E-state index in [1.807, 2.05) is 0 Å². The van der Waals surface area contributed by atoms with E-state index in [4.69, 9.17) is 4.74 Å². The number of fused-ring (bicyclic) bond motifs is 1. The Balaban J connectivity index is 1.85. The Morgan fingerprint density at radius 1 is 1.42 bits per heavy atom. The molecule has 0 saturated carbocycles. The minimum absolute atomic E-state index is 0.304. The molecule has 1 aromatic rings. The highest BCUT2D eigenvalue weighted by Gasteiger charge is 2.21. The van der Waals surface area contributed by atoms with Crippen molar-refractivity contribution < 1.29 is 9.53 Å². The molecule has 104 valence electrons. The third kappa shape index (κ3) is 4.15. The molecule has 1 N–H and O–H groups in total. The predicted octanol–water partition coefficient (Wildman–Crippen LogP) is 2.30. The highest BCUT2D eigenvalue weighted by atomic mass is 16.5. The van der Waals surface area contributed by atoms with Gasteiger partial charge in [0.2, 0.25) is 0 Å². The van der Waals surface area contributed by atoms with E-state index in [0.717, 1.165) is 19.4 Å². The van der Waals surface area contributed by atoms with Crippen LogP contribution >= 0.6 is 0 Å². The van der Waals surface area contributed by atoms with Crippen molar-refractivity contribution in [3.63, 3.8) is 0 Å². The van der Waals surface area contributed by atoms with Gasteiger partial charge in [0.25, 0.3) is 0 Å². The summed E-state index contributed by atoms with van der Waals surface area (Å²) < 4.78 is 4.95. The Morgan fingerprint density at radius 3 is 3.11 bits per heavy atom.